The third-order valence-electron chi connectivity index (χ3n) is 3.16. The average molecular weight is 235 g/mol. The van der Waals surface area contributed by atoms with Crippen LogP contribution in [-0.4, -0.2) is 17.2 Å². The van der Waals surface area contributed by atoms with Crippen LogP contribution < -0.4 is 10.5 Å². The summed E-state index contributed by atoms with van der Waals surface area (Å²) in [6, 6.07) is 5.76. The molecule has 1 aliphatic carbocycles. The Bertz CT molecular complexity index is 431. The molecule has 17 heavy (non-hydrogen) atoms. The summed E-state index contributed by atoms with van der Waals surface area (Å²) in [7, 11) is 0. The van der Waals surface area contributed by atoms with Crippen molar-refractivity contribution in [2.75, 3.05) is 0 Å². The van der Waals surface area contributed by atoms with Crippen LogP contribution in [0.5, 0.6) is 5.75 Å². The van der Waals surface area contributed by atoms with Crippen LogP contribution in [0.1, 0.15) is 36.9 Å². The van der Waals surface area contributed by atoms with Crippen molar-refractivity contribution >= 4 is 5.97 Å². The van der Waals surface area contributed by atoms with Crippen molar-refractivity contribution in [1.82, 2.24) is 0 Å². The van der Waals surface area contributed by atoms with Gasteiger partial charge in [0.2, 0.25) is 0 Å². The number of benzene rings is 1. The Kier molecular flexibility index (Phi) is 3.33. The van der Waals surface area contributed by atoms with E-state index >= 15 is 0 Å². The number of carboxylic acid groups (broad SMARTS) is 1. The zero-order chi connectivity index (χ0) is 12.4. The summed E-state index contributed by atoms with van der Waals surface area (Å²) in [6.45, 7) is 1.79. The molecule has 0 radical (unpaired) electrons. The molecule has 3 N–H and O–H groups in total. The van der Waals surface area contributed by atoms with E-state index in [1.54, 1.807) is 13.0 Å². The number of rotatable bonds is 4. The van der Waals surface area contributed by atoms with E-state index in [9.17, 15) is 4.79 Å². The van der Waals surface area contributed by atoms with Crippen LogP contribution in [0.2, 0.25) is 0 Å². The van der Waals surface area contributed by atoms with Gasteiger partial charge in [-0.3, -0.25) is 0 Å². The van der Waals surface area contributed by atoms with Crippen LogP contribution in [0.15, 0.2) is 18.2 Å². The Balaban J connectivity index is 2.16. The Hall–Kier alpha value is -1.55. The number of ether oxygens (including phenoxy) is 1. The van der Waals surface area contributed by atoms with Gasteiger partial charge in [0.1, 0.15) is 5.75 Å². The molecule has 92 valence electrons. The normalized spacial score (nSPS) is 19.8. The van der Waals surface area contributed by atoms with Gasteiger partial charge in [0, 0.05) is 6.04 Å². The van der Waals surface area contributed by atoms with E-state index in [4.69, 9.17) is 15.6 Å². The Morgan fingerprint density at radius 3 is 3.06 bits per heavy atom. The summed E-state index contributed by atoms with van der Waals surface area (Å²) in [5, 5.41) is 8.93. The number of carboxylic acids is 1. The van der Waals surface area contributed by atoms with E-state index in [-0.39, 0.29) is 6.04 Å². The maximum absolute atomic E-state index is 10.9. The quantitative estimate of drug-likeness (QED) is 0.835. The summed E-state index contributed by atoms with van der Waals surface area (Å²) in [5.74, 6) is -0.309. The monoisotopic (exact) mass is 235 g/mol. The summed E-state index contributed by atoms with van der Waals surface area (Å²) < 4.78 is 5.45. The van der Waals surface area contributed by atoms with Gasteiger partial charge >= 0.3 is 5.97 Å². The van der Waals surface area contributed by atoms with Gasteiger partial charge in [0.25, 0.3) is 0 Å². The summed E-state index contributed by atoms with van der Waals surface area (Å²) in [6.07, 6.45) is 1.57. The van der Waals surface area contributed by atoms with E-state index in [0.717, 1.165) is 18.4 Å². The highest BCUT2D eigenvalue weighted by molar-refractivity contribution is 5.72. The molecule has 0 aliphatic heterocycles. The molecule has 4 heteroatoms. The smallest absolute Gasteiger partial charge is 0.344 e. The van der Waals surface area contributed by atoms with Crippen molar-refractivity contribution in [3.05, 3.63) is 29.3 Å². The van der Waals surface area contributed by atoms with Crippen LogP contribution in [0.3, 0.4) is 0 Å². The molecule has 1 unspecified atom stereocenters. The van der Waals surface area contributed by atoms with Gasteiger partial charge in [-0.2, -0.15) is 0 Å². The minimum Gasteiger partial charge on any atom is -0.479 e. The molecule has 0 saturated carbocycles. The number of carbonyl (C=O) groups is 1. The molecule has 0 bridgehead atoms. The second kappa shape index (κ2) is 4.75. The number of aryl methyl sites for hydroxylation is 1. The Labute approximate surface area is 100 Å². The van der Waals surface area contributed by atoms with Gasteiger partial charge in [0.05, 0.1) is 0 Å². The van der Waals surface area contributed by atoms with E-state index in [2.05, 4.69) is 0 Å². The molecule has 1 aromatic carbocycles. The third-order valence-corrected chi connectivity index (χ3v) is 3.16. The lowest BCUT2D eigenvalue weighted by Gasteiger charge is -2.14. The zero-order valence-electron chi connectivity index (χ0n) is 9.85. The fourth-order valence-electron chi connectivity index (χ4n) is 2.17. The molecular formula is C13H17NO3. The number of hydrogen-bond donors (Lipinski definition) is 2. The first-order valence-corrected chi connectivity index (χ1v) is 5.89. The zero-order valence-corrected chi connectivity index (χ0v) is 9.85. The van der Waals surface area contributed by atoms with Crippen LogP contribution in [0.25, 0.3) is 0 Å². The molecular weight excluding hydrogens is 218 g/mol. The molecule has 4 nitrogen and oxygen atoms in total. The number of fused-ring (bicyclic) bond motifs is 1. The standard InChI is InChI=1S/C13H17NO3/c1-2-12(13(15)16)17-9-4-5-10-8(7-9)3-6-11(10)14/h4-5,7,11-12H,2-3,6,14H2,1H3,(H,15,16)/t11-,12?/m0/s1. The number of hydrogen-bond acceptors (Lipinski definition) is 3. The van der Waals surface area contributed by atoms with E-state index < -0.39 is 12.1 Å². The molecule has 0 saturated heterocycles. The second-order valence-corrected chi connectivity index (χ2v) is 4.36. The number of nitrogens with two attached hydrogens (primary N) is 1. The van der Waals surface area contributed by atoms with Crippen LogP contribution in [0.4, 0.5) is 0 Å². The fraction of sp³-hybridized carbons (Fsp3) is 0.462. The van der Waals surface area contributed by atoms with Crippen molar-refractivity contribution in [2.24, 2.45) is 5.73 Å². The molecule has 0 spiro atoms. The lowest BCUT2D eigenvalue weighted by Crippen LogP contribution is -2.25. The maximum atomic E-state index is 10.9. The van der Waals surface area contributed by atoms with Crippen molar-refractivity contribution < 1.29 is 14.6 Å². The summed E-state index contributed by atoms with van der Waals surface area (Å²) in [4.78, 5) is 10.9. The molecule has 2 rings (SSSR count). The van der Waals surface area contributed by atoms with Gasteiger partial charge in [-0.05, 0) is 42.5 Å². The fourth-order valence-corrected chi connectivity index (χ4v) is 2.17. The number of aliphatic carboxylic acids is 1. The van der Waals surface area contributed by atoms with Crippen LogP contribution in [-0.2, 0) is 11.2 Å². The molecule has 0 fully saturated rings. The molecule has 2 atom stereocenters. The maximum Gasteiger partial charge on any atom is 0.344 e. The second-order valence-electron chi connectivity index (χ2n) is 4.36. The first-order chi connectivity index (χ1) is 8.11. The first-order valence-electron chi connectivity index (χ1n) is 5.89. The highest BCUT2D eigenvalue weighted by Crippen LogP contribution is 2.32. The van der Waals surface area contributed by atoms with Crippen LogP contribution in [0, 0.1) is 0 Å². The van der Waals surface area contributed by atoms with Crippen LogP contribution >= 0.6 is 0 Å². The molecule has 0 aromatic heterocycles. The van der Waals surface area contributed by atoms with Gasteiger partial charge in [-0.15, -0.1) is 0 Å². The van der Waals surface area contributed by atoms with E-state index in [0.29, 0.717) is 12.2 Å². The summed E-state index contributed by atoms with van der Waals surface area (Å²) in [5.41, 5.74) is 8.27. The molecule has 1 aliphatic rings. The summed E-state index contributed by atoms with van der Waals surface area (Å²) >= 11 is 0. The van der Waals surface area contributed by atoms with Crippen molar-refractivity contribution in [2.45, 2.75) is 38.3 Å². The highest BCUT2D eigenvalue weighted by Gasteiger charge is 2.21. The van der Waals surface area contributed by atoms with Crippen molar-refractivity contribution in [3.8, 4) is 5.75 Å². The Morgan fingerprint density at radius 1 is 1.65 bits per heavy atom. The largest absolute Gasteiger partial charge is 0.479 e. The molecule has 0 amide bonds. The third kappa shape index (κ3) is 2.42. The molecule has 0 heterocycles. The van der Waals surface area contributed by atoms with Gasteiger partial charge in [-0.1, -0.05) is 13.0 Å². The van der Waals surface area contributed by atoms with Gasteiger partial charge in [0.15, 0.2) is 6.10 Å². The SMILES string of the molecule is CCC(Oc1ccc2c(c1)CC[C@@H]2N)C(=O)O. The van der Waals surface area contributed by atoms with Gasteiger partial charge < -0.3 is 15.6 Å². The predicted molar refractivity (Wildman–Crippen MR) is 64.0 cm³/mol. The average Bonchev–Trinajstić information content (AvgIpc) is 2.67. The van der Waals surface area contributed by atoms with E-state index in [1.165, 1.54) is 5.56 Å². The minimum atomic E-state index is -0.926. The topological polar surface area (TPSA) is 72.5 Å². The van der Waals surface area contributed by atoms with Crippen molar-refractivity contribution in [3.63, 3.8) is 0 Å². The Morgan fingerprint density at radius 2 is 2.41 bits per heavy atom. The van der Waals surface area contributed by atoms with E-state index in [1.807, 2.05) is 12.1 Å². The first kappa shape index (κ1) is 11.9. The predicted octanol–water partition coefficient (Wildman–Crippen LogP) is 1.87. The van der Waals surface area contributed by atoms with Crippen molar-refractivity contribution in [1.29, 1.82) is 0 Å². The minimum absolute atomic E-state index is 0.112. The lowest BCUT2D eigenvalue weighted by atomic mass is 10.1. The molecule has 1 aromatic rings. The highest BCUT2D eigenvalue weighted by atomic mass is 16.5. The lowest BCUT2D eigenvalue weighted by molar-refractivity contribution is -0.145. The van der Waals surface area contributed by atoms with Gasteiger partial charge in [-0.25, -0.2) is 4.79 Å².